The van der Waals surface area contributed by atoms with Crippen molar-refractivity contribution in [2.45, 2.75) is 303 Å². The number of carbonyl (C=O) groups excluding carboxylic acids is 3. The third-order valence-electron chi connectivity index (χ3n) is 13.9. The molecule has 0 N–H and O–H groups in total. The summed E-state index contributed by atoms with van der Waals surface area (Å²) < 4.78 is 16.9. The summed E-state index contributed by atoms with van der Waals surface area (Å²) in [6, 6.07) is 0. The molecule has 0 aromatic carbocycles. The van der Waals surface area contributed by atoms with Gasteiger partial charge in [-0.15, -0.1) is 0 Å². The Kier molecular flexibility index (Phi) is 63.3. The van der Waals surface area contributed by atoms with Crippen LogP contribution in [0, 0.1) is 0 Å². The van der Waals surface area contributed by atoms with Gasteiger partial charge >= 0.3 is 17.9 Å². The minimum atomic E-state index is -0.793. The Hall–Kier alpha value is -4.45. The molecule has 0 saturated carbocycles. The molecule has 454 valence electrons. The number of carbonyl (C=O) groups is 3. The molecule has 0 aromatic rings. The van der Waals surface area contributed by atoms with Crippen molar-refractivity contribution in [1.29, 1.82) is 0 Å². The smallest absolute Gasteiger partial charge is 0.306 e. The molecule has 0 radical (unpaired) electrons. The molecule has 0 aromatic heterocycles. The standard InChI is InChI=1S/C74H122O6/c1-4-7-10-13-16-19-22-25-27-29-30-31-32-33-34-35-36-37-38-39-40-41-42-43-44-46-47-49-52-55-58-61-64-67-73(76)79-70-71(69-78-72(75)66-63-60-57-54-51-24-21-18-15-12-9-6-3)80-74(77)68-65-62-59-56-53-50-48-45-28-26-23-20-17-14-11-8-5-2/h7,10,16-17,19-20,25-28,30-31,33-34,36-37,39-40,42-43,46-47,71H,4-6,8-9,11-15,18,21-24,29,32,35,38,41,44-45,48-70H2,1-3H3/b10-7-,19-16-,20-17-,27-25-,28-26-,31-30-,34-33-,37-36-,40-39-,43-42-,47-46-. The van der Waals surface area contributed by atoms with E-state index in [9.17, 15) is 14.4 Å². The molecule has 0 fully saturated rings. The molecular weight excluding hydrogens is 985 g/mol. The highest BCUT2D eigenvalue weighted by molar-refractivity contribution is 5.71. The molecule has 0 rings (SSSR count). The number of rotatable bonds is 59. The Morgan fingerprint density at radius 1 is 0.263 bits per heavy atom. The molecule has 0 saturated heterocycles. The number of ether oxygens (including phenoxy) is 3. The second-order valence-electron chi connectivity index (χ2n) is 21.6. The summed E-state index contributed by atoms with van der Waals surface area (Å²) in [4.78, 5) is 38.3. The monoisotopic (exact) mass is 1110 g/mol. The Balaban J connectivity index is 4.32. The maximum Gasteiger partial charge on any atom is 0.306 e. The van der Waals surface area contributed by atoms with Gasteiger partial charge in [-0.1, -0.05) is 289 Å². The van der Waals surface area contributed by atoms with Crippen LogP contribution in [0.25, 0.3) is 0 Å². The van der Waals surface area contributed by atoms with E-state index < -0.39 is 6.10 Å². The molecule has 0 heterocycles. The molecule has 0 aliphatic carbocycles. The lowest BCUT2D eigenvalue weighted by Gasteiger charge is -2.18. The third-order valence-corrected chi connectivity index (χ3v) is 13.9. The first-order valence-electron chi connectivity index (χ1n) is 33.2. The second kappa shape index (κ2) is 67.1. The van der Waals surface area contributed by atoms with Crippen molar-refractivity contribution in [3.05, 3.63) is 134 Å². The lowest BCUT2D eigenvalue weighted by atomic mass is 10.0. The van der Waals surface area contributed by atoms with Gasteiger partial charge in [-0.05, 0) is 122 Å². The third kappa shape index (κ3) is 64.4. The Morgan fingerprint density at radius 2 is 0.487 bits per heavy atom. The first kappa shape index (κ1) is 75.5. The summed E-state index contributed by atoms with van der Waals surface area (Å²) >= 11 is 0. The van der Waals surface area contributed by atoms with E-state index in [2.05, 4.69) is 154 Å². The molecule has 6 heteroatoms. The zero-order chi connectivity index (χ0) is 57.8. The van der Waals surface area contributed by atoms with Crippen LogP contribution in [0.5, 0.6) is 0 Å². The van der Waals surface area contributed by atoms with Gasteiger partial charge < -0.3 is 14.2 Å². The van der Waals surface area contributed by atoms with Gasteiger partial charge in [0.05, 0.1) is 0 Å². The number of unbranched alkanes of at least 4 members (excludes halogenated alkanes) is 26. The van der Waals surface area contributed by atoms with Gasteiger partial charge in [-0.25, -0.2) is 0 Å². The van der Waals surface area contributed by atoms with Gasteiger partial charge in [0.25, 0.3) is 0 Å². The topological polar surface area (TPSA) is 78.9 Å². The van der Waals surface area contributed by atoms with E-state index in [0.29, 0.717) is 19.3 Å². The van der Waals surface area contributed by atoms with Crippen LogP contribution in [-0.4, -0.2) is 37.2 Å². The second-order valence-corrected chi connectivity index (χ2v) is 21.6. The van der Waals surface area contributed by atoms with Crippen LogP contribution < -0.4 is 0 Å². The molecular formula is C74H122O6. The molecule has 6 nitrogen and oxygen atoms in total. The average molecular weight is 1110 g/mol. The molecule has 1 atom stereocenters. The van der Waals surface area contributed by atoms with Crippen LogP contribution in [0.1, 0.15) is 297 Å². The fourth-order valence-electron chi connectivity index (χ4n) is 8.94. The molecule has 80 heavy (non-hydrogen) atoms. The molecule has 0 bridgehead atoms. The minimum Gasteiger partial charge on any atom is -0.462 e. The lowest BCUT2D eigenvalue weighted by molar-refractivity contribution is -0.167. The minimum absolute atomic E-state index is 0.0879. The van der Waals surface area contributed by atoms with Crippen LogP contribution in [0.15, 0.2) is 134 Å². The highest BCUT2D eigenvalue weighted by atomic mass is 16.6. The van der Waals surface area contributed by atoms with Gasteiger partial charge in [0.2, 0.25) is 0 Å². The summed E-state index contributed by atoms with van der Waals surface area (Å²) in [5, 5.41) is 0. The first-order chi connectivity index (χ1) is 39.5. The van der Waals surface area contributed by atoms with E-state index in [0.717, 1.165) is 148 Å². The summed E-state index contributed by atoms with van der Waals surface area (Å²) in [6.45, 7) is 6.49. The van der Waals surface area contributed by atoms with Crippen molar-refractivity contribution in [1.82, 2.24) is 0 Å². The van der Waals surface area contributed by atoms with Crippen molar-refractivity contribution in [3.63, 3.8) is 0 Å². The summed E-state index contributed by atoms with van der Waals surface area (Å²) in [5.41, 5.74) is 0. The average Bonchev–Trinajstić information content (AvgIpc) is 3.46. The van der Waals surface area contributed by atoms with Gasteiger partial charge in [0.1, 0.15) is 13.2 Å². The number of hydrogen-bond acceptors (Lipinski definition) is 6. The van der Waals surface area contributed by atoms with E-state index >= 15 is 0 Å². The van der Waals surface area contributed by atoms with E-state index in [1.165, 1.54) is 109 Å². The van der Waals surface area contributed by atoms with Crippen molar-refractivity contribution in [2.24, 2.45) is 0 Å². The highest BCUT2D eigenvalue weighted by Gasteiger charge is 2.19. The normalized spacial score (nSPS) is 13.0. The predicted octanol–water partition coefficient (Wildman–Crippen LogP) is 22.9. The maximum absolute atomic E-state index is 12.9. The van der Waals surface area contributed by atoms with Gasteiger partial charge in [-0.2, -0.15) is 0 Å². The van der Waals surface area contributed by atoms with Crippen molar-refractivity contribution in [3.8, 4) is 0 Å². The van der Waals surface area contributed by atoms with Crippen LogP contribution in [0.4, 0.5) is 0 Å². The number of hydrogen-bond donors (Lipinski definition) is 0. The van der Waals surface area contributed by atoms with E-state index in [1.54, 1.807) is 0 Å². The van der Waals surface area contributed by atoms with Crippen LogP contribution in [0.2, 0.25) is 0 Å². The lowest BCUT2D eigenvalue weighted by Crippen LogP contribution is -2.30. The van der Waals surface area contributed by atoms with Crippen molar-refractivity contribution >= 4 is 17.9 Å². The van der Waals surface area contributed by atoms with E-state index in [4.69, 9.17) is 14.2 Å². The summed E-state index contributed by atoms with van der Waals surface area (Å²) in [7, 11) is 0. The highest BCUT2D eigenvalue weighted by Crippen LogP contribution is 2.15. The fraction of sp³-hybridized carbons (Fsp3) is 0.662. The molecule has 0 spiro atoms. The summed E-state index contributed by atoms with van der Waals surface area (Å²) in [5.74, 6) is -0.912. The van der Waals surface area contributed by atoms with Crippen LogP contribution in [0.3, 0.4) is 0 Å². The van der Waals surface area contributed by atoms with Crippen LogP contribution in [-0.2, 0) is 28.6 Å². The Labute approximate surface area is 494 Å². The van der Waals surface area contributed by atoms with E-state index in [1.807, 2.05) is 0 Å². The van der Waals surface area contributed by atoms with E-state index in [-0.39, 0.29) is 31.1 Å². The predicted molar refractivity (Wildman–Crippen MR) is 348 cm³/mol. The molecule has 0 aliphatic rings. The van der Waals surface area contributed by atoms with Crippen molar-refractivity contribution in [2.75, 3.05) is 13.2 Å². The maximum atomic E-state index is 12.9. The van der Waals surface area contributed by atoms with Gasteiger partial charge in [-0.3, -0.25) is 14.4 Å². The number of esters is 3. The Morgan fingerprint density at radius 3 is 0.787 bits per heavy atom. The first-order valence-corrected chi connectivity index (χ1v) is 33.2. The summed E-state index contributed by atoms with van der Waals surface area (Å²) in [6.07, 6.45) is 94.6. The Bertz CT molecular complexity index is 1700. The van der Waals surface area contributed by atoms with Gasteiger partial charge in [0, 0.05) is 19.3 Å². The molecule has 1 unspecified atom stereocenters. The number of allylic oxidation sites excluding steroid dienone is 22. The quantitative estimate of drug-likeness (QED) is 0.0261. The zero-order valence-corrected chi connectivity index (χ0v) is 52.0. The zero-order valence-electron chi connectivity index (χ0n) is 52.0. The largest absolute Gasteiger partial charge is 0.462 e. The fourth-order valence-corrected chi connectivity index (χ4v) is 8.94. The molecule has 0 aliphatic heterocycles. The van der Waals surface area contributed by atoms with Crippen molar-refractivity contribution < 1.29 is 28.6 Å². The van der Waals surface area contributed by atoms with Crippen LogP contribution >= 0.6 is 0 Å². The SMILES string of the molecule is CC/C=C\C/C=C\C/C=C\C/C=C\C/C=C\C/C=C\C/C=C\C/C=C\C/C=C\CCCCCCCC(=O)OCC(COC(=O)CCCCCCCCCCCCCC)OC(=O)CCCCCCCCC/C=C\C/C=C\CCCCC. The van der Waals surface area contributed by atoms with Gasteiger partial charge in [0.15, 0.2) is 6.10 Å². The molecule has 0 amide bonds.